The predicted octanol–water partition coefficient (Wildman–Crippen LogP) is 5.75. The van der Waals surface area contributed by atoms with E-state index in [-0.39, 0.29) is 23.8 Å². The van der Waals surface area contributed by atoms with Crippen LogP contribution in [0.25, 0.3) is 11.3 Å². The molecule has 3 aromatic rings. The first-order valence-electron chi connectivity index (χ1n) is 14.9. The standard InChI is InChI=1S/C32H37N5O4/c1-40-29-13-12-26(35-27(29)17-33)21-4-2-20(3-5-21)18-37(32(39)23-8-10-25(38)11-9-23)30-16-24(14-15-34-30)28-19-41-31(36-28)22-6-7-22/h12-16,19-23,25,38H,2-11,18H2,1H3. The Balaban J connectivity index is 1.19. The van der Waals surface area contributed by atoms with Gasteiger partial charge in [-0.05, 0) is 94.4 Å². The van der Waals surface area contributed by atoms with Crippen LogP contribution in [0, 0.1) is 23.2 Å². The normalized spacial score (nSPS) is 24.4. The van der Waals surface area contributed by atoms with Crippen molar-refractivity contribution in [1.82, 2.24) is 15.0 Å². The van der Waals surface area contributed by atoms with Gasteiger partial charge in [-0.25, -0.2) is 15.0 Å². The molecule has 0 radical (unpaired) electrons. The number of nitrogens with zero attached hydrogens (tertiary/aromatic N) is 5. The second-order valence-electron chi connectivity index (χ2n) is 11.8. The first-order chi connectivity index (χ1) is 20.0. The lowest BCUT2D eigenvalue weighted by molar-refractivity contribution is -0.124. The topological polar surface area (TPSA) is 125 Å². The van der Waals surface area contributed by atoms with Gasteiger partial charge in [-0.3, -0.25) is 9.69 Å². The maximum absolute atomic E-state index is 14.0. The number of ether oxygens (including phenoxy) is 1. The molecule has 1 amide bonds. The Morgan fingerprint density at radius 3 is 2.51 bits per heavy atom. The van der Waals surface area contributed by atoms with E-state index in [4.69, 9.17) is 14.1 Å². The molecule has 0 bridgehead atoms. The van der Waals surface area contributed by atoms with Crippen molar-refractivity contribution in [3.05, 3.63) is 54.0 Å². The van der Waals surface area contributed by atoms with E-state index in [2.05, 4.69) is 16.0 Å². The zero-order valence-electron chi connectivity index (χ0n) is 23.5. The van der Waals surface area contributed by atoms with E-state index in [9.17, 15) is 15.2 Å². The summed E-state index contributed by atoms with van der Waals surface area (Å²) in [6.45, 7) is 0.604. The van der Waals surface area contributed by atoms with Crippen LogP contribution in [-0.2, 0) is 4.79 Å². The van der Waals surface area contributed by atoms with Crippen molar-refractivity contribution in [2.45, 2.75) is 82.1 Å². The van der Waals surface area contributed by atoms with Gasteiger partial charge < -0.3 is 14.3 Å². The number of methoxy groups -OCH3 is 1. The molecule has 3 aliphatic rings. The van der Waals surface area contributed by atoms with Crippen LogP contribution in [-0.4, -0.2) is 45.7 Å². The average Bonchev–Trinajstić information content (AvgIpc) is 3.75. The Hall–Kier alpha value is -3.77. The smallest absolute Gasteiger partial charge is 0.231 e. The van der Waals surface area contributed by atoms with E-state index in [1.54, 1.807) is 19.6 Å². The van der Waals surface area contributed by atoms with Crippen molar-refractivity contribution in [2.75, 3.05) is 18.6 Å². The summed E-state index contributed by atoms with van der Waals surface area (Å²) < 4.78 is 11.0. The molecule has 0 atom stereocenters. The van der Waals surface area contributed by atoms with Gasteiger partial charge in [0.2, 0.25) is 5.91 Å². The lowest BCUT2D eigenvalue weighted by Gasteiger charge is -2.35. The molecule has 0 saturated heterocycles. The van der Waals surface area contributed by atoms with Crippen LogP contribution in [0.1, 0.15) is 93.3 Å². The van der Waals surface area contributed by atoms with Crippen LogP contribution in [0.3, 0.4) is 0 Å². The van der Waals surface area contributed by atoms with Crippen LogP contribution >= 0.6 is 0 Å². The van der Waals surface area contributed by atoms with Gasteiger partial charge in [0, 0.05) is 41.8 Å². The van der Waals surface area contributed by atoms with E-state index < -0.39 is 0 Å². The van der Waals surface area contributed by atoms with Gasteiger partial charge >= 0.3 is 0 Å². The third-order valence-corrected chi connectivity index (χ3v) is 8.99. The summed E-state index contributed by atoms with van der Waals surface area (Å²) >= 11 is 0. The molecule has 3 fully saturated rings. The average molecular weight is 556 g/mol. The van der Waals surface area contributed by atoms with E-state index >= 15 is 0 Å². The van der Waals surface area contributed by atoms with E-state index in [1.807, 2.05) is 29.2 Å². The summed E-state index contributed by atoms with van der Waals surface area (Å²) in [5.74, 6) is 2.96. The molecule has 9 heteroatoms. The lowest BCUT2D eigenvalue weighted by Crippen LogP contribution is -2.42. The van der Waals surface area contributed by atoms with E-state index in [0.717, 1.165) is 61.4 Å². The fourth-order valence-corrected chi connectivity index (χ4v) is 6.34. The number of aliphatic hydroxyl groups excluding tert-OH is 1. The van der Waals surface area contributed by atoms with Gasteiger partial charge in [0.05, 0.1) is 13.2 Å². The maximum Gasteiger partial charge on any atom is 0.231 e. The minimum Gasteiger partial charge on any atom is -0.494 e. The maximum atomic E-state index is 14.0. The van der Waals surface area contributed by atoms with Crippen LogP contribution in [0.5, 0.6) is 5.75 Å². The molecule has 1 N–H and O–H groups in total. The molecule has 3 saturated carbocycles. The lowest BCUT2D eigenvalue weighted by atomic mass is 9.79. The number of rotatable bonds is 8. The summed E-state index contributed by atoms with van der Waals surface area (Å²) in [7, 11) is 1.55. The Kier molecular flexibility index (Phi) is 8.02. The number of hydrogen-bond donors (Lipinski definition) is 1. The van der Waals surface area contributed by atoms with Crippen LogP contribution < -0.4 is 9.64 Å². The summed E-state index contributed by atoms with van der Waals surface area (Å²) in [6.07, 6.45) is 11.9. The molecule has 3 heterocycles. The largest absolute Gasteiger partial charge is 0.494 e. The predicted molar refractivity (Wildman–Crippen MR) is 152 cm³/mol. The van der Waals surface area contributed by atoms with Crippen molar-refractivity contribution in [2.24, 2.45) is 11.8 Å². The number of pyridine rings is 2. The zero-order chi connectivity index (χ0) is 28.3. The highest BCUT2D eigenvalue weighted by molar-refractivity contribution is 5.94. The quantitative estimate of drug-likeness (QED) is 0.373. The van der Waals surface area contributed by atoms with Gasteiger partial charge in [-0.1, -0.05) is 0 Å². The van der Waals surface area contributed by atoms with Crippen LogP contribution in [0.15, 0.2) is 41.1 Å². The Morgan fingerprint density at radius 2 is 1.80 bits per heavy atom. The minimum absolute atomic E-state index is 0.0954. The molecule has 41 heavy (non-hydrogen) atoms. The first-order valence-corrected chi connectivity index (χ1v) is 14.9. The first kappa shape index (κ1) is 27.4. The van der Waals surface area contributed by atoms with Crippen molar-refractivity contribution < 1.29 is 19.1 Å². The van der Waals surface area contributed by atoms with Crippen molar-refractivity contribution >= 4 is 11.7 Å². The number of carbonyl (C=O) groups is 1. The molecule has 3 aliphatic carbocycles. The molecular formula is C32H37N5O4. The number of anilines is 1. The van der Waals surface area contributed by atoms with Gasteiger partial charge in [-0.15, -0.1) is 0 Å². The third-order valence-electron chi connectivity index (χ3n) is 8.99. The fraction of sp³-hybridized carbons (Fsp3) is 0.531. The Morgan fingerprint density at radius 1 is 1.05 bits per heavy atom. The third kappa shape index (κ3) is 6.13. The number of carbonyl (C=O) groups excluding carboxylic acids is 1. The Bertz CT molecular complexity index is 1410. The summed E-state index contributed by atoms with van der Waals surface area (Å²) in [5, 5.41) is 19.5. The Labute approximate surface area is 240 Å². The molecule has 3 aromatic heterocycles. The summed E-state index contributed by atoms with van der Waals surface area (Å²) in [5.41, 5.74) is 2.92. The summed E-state index contributed by atoms with van der Waals surface area (Å²) in [4.78, 5) is 29.8. The van der Waals surface area contributed by atoms with Gasteiger partial charge in [0.25, 0.3) is 0 Å². The highest BCUT2D eigenvalue weighted by atomic mass is 16.5. The van der Waals surface area contributed by atoms with Crippen molar-refractivity contribution in [3.8, 4) is 23.1 Å². The number of aromatic nitrogens is 3. The molecule has 0 aliphatic heterocycles. The van der Waals surface area contributed by atoms with Gasteiger partial charge in [0.1, 0.15) is 23.8 Å². The SMILES string of the molecule is COc1ccc(C2CCC(CN(C(=O)C3CCC(O)CC3)c3cc(-c4coc(C5CC5)n4)ccn3)CC2)nc1C#N. The monoisotopic (exact) mass is 555 g/mol. The van der Waals surface area contributed by atoms with Crippen molar-refractivity contribution in [1.29, 1.82) is 5.26 Å². The van der Waals surface area contributed by atoms with Crippen LogP contribution in [0.2, 0.25) is 0 Å². The second-order valence-corrected chi connectivity index (χ2v) is 11.8. The zero-order valence-corrected chi connectivity index (χ0v) is 23.5. The highest BCUT2D eigenvalue weighted by Gasteiger charge is 2.33. The number of hydrogen-bond acceptors (Lipinski definition) is 8. The molecule has 6 rings (SSSR count). The molecule has 0 aromatic carbocycles. The number of oxazole rings is 1. The number of nitriles is 1. The highest BCUT2D eigenvalue weighted by Crippen LogP contribution is 2.41. The molecular weight excluding hydrogens is 518 g/mol. The van der Waals surface area contributed by atoms with Crippen LogP contribution in [0.4, 0.5) is 5.82 Å². The molecule has 214 valence electrons. The summed E-state index contributed by atoms with van der Waals surface area (Å²) in [6, 6.07) is 9.81. The van der Waals surface area contributed by atoms with Crippen molar-refractivity contribution in [3.63, 3.8) is 0 Å². The number of aliphatic hydroxyl groups is 1. The second kappa shape index (κ2) is 12.0. The number of amides is 1. The van der Waals surface area contributed by atoms with E-state index in [1.165, 1.54) is 0 Å². The fourth-order valence-electron chi connectivity index (χ4n) is 6.34. The molecule has 9 nitrogen and oxygen atoms in total. The van der Waals surface area contributed by atoms with Gasteiger partial charge in [-0.2, -0.15) is 5.26 Å². The minimum atomic E-state index is -0.315. The molecule has 0 spiro atoms. The molecule has 0 unspecified atom stereocenters. The van der Waals surface area contributed by atoms with E-state index in [0.29, 0.717) is 61.3 Å². The van der Waals surface area contributed by atoms with Gasteiger partial charge in [0.15, 0.2) is 17.3 Å².